The van der Waals surface area contributed by atoms with Crippen molar-refractivity contribution in [3.63, 3.8) is 0 Å². The average Bonchev–Trinajstić information content (AvgIpc) is 2.62. The van der Waals surface area contributed by atoms with Gasteiger partial charge in [0, 0.05) is 23.5 Å². The summed E-state index contributed by atoms with van der Waals surface area (Å²) in [6, 6.07) is 13.8. The van der Waals surface area contributed by atoms with Crippen molar-refractivity contribution in [2.45, 2.75) is 6.92 Å². The Labute approximate surface area is 140 Å². The molecule has 124 valence electrons. The summed E-state index contributed by atoms with van der Waals surface area (Å²) < 4.78 is 9.97. The molecule has 0 aliphatic rings. The van der Waals surface area contributed by atoms with Gasteiger partial charge in [0.05, 0.1) is 19.3 Å². The zero-order chi connectivity index (χ0) is 17.4. The number of allylic oxidation sites excluding steroid dienone is 1. The molecule has 0 saturated heterocycles. The lowest BCUT2D eigenvalue weighted by Gasteiger charge is -2.04. The molecule has 1 N–H and O–H groups in total. The monoisotopic (exact) mass is 325 g/mol. The summed E-state index contributed by atoms with van der Waals surface area (Å²) in [5, 5.41) is 2.98. The molecule has 0 fully saturated rings. The first-order valence-electron chi connectivity index (χ1n) is 7.52. The van der Waals surface area contributed by atoms with Crippen molar-refractivity contribution in [1.82, 2.24) is 0 Å². The Morgan fingerprint density at radius 3 is 2.21 bits per heavy atom. The number of carbonyl (C=O) groups excluding carboxylic acids is 2. The number of benzene rings is 2. The molecule has 24 heavy (non-hydrogen) atoms. The zero-order valence-corrected chi connectivity index (χ0v) is 13.6. The Hall–Kier alpha value is -3.08. The smallest absolute Gasteiger partial charge is 0.337 e. The summed E-state index contributed by atoms with van der Waals surface area (Å²) in [7, 11) is 1.34. The molecule has 0 unspecified atom stereocenters. The van der Waals surface area contributed by atoms with Crippen LogP contribution in [0.4, 0.5) is 5.69 Å². The largest absolute Gasteiger partial charge is 0.494 e. The van der Waals surface area contributed by atoms with Gasteiger partial charge in [0.15, 0.2) is 5.78 Å². The lowest BCUT2D eigenvalue weighted by Crippen LogP contribution is -2.01. The molecular weight excluding hydrogens is 306 g/mol. The summed E-state index contributed by atoms with van der Waals surface area (Å²) in [5.41, 5.74) is 1.81. The van der Waals surface area contributed by atoms with Crippen molar-refractivity contribution in [2.75, 3.05) is 19.0 Å². The predicted molar refractivity (Wildman–Crippen MR) is 92.5 cm³/mol. The fourth-order valence-corrected chi connectivity index (χ4v) is 2.01. The van der Waals surface area contributed by atoms with E-state index in [1.54, 1.807) is 54.7 Å². The number of ketones is 1. The maximum Gasteiger partial charge on any atom is 0.337 e. The minimum absolute atomic E-state index is 0.114. The van der Waals surface area contributed by atoms with E-state index in [9.17, 15) is 9.59 Å². The maximum atomic E-state index is 12.1. The van der Waals surface area contributed by atoms with E-state index < -0.39 is 0 Å². The molecule has 0 aliphatic heterocycles. The van der Waals surface area contributed by atoms with Crippen LogP contribution < -0.4 is 10.1 Å². The van der Waals surface area contributed by atoms with Gasteiger partial charge in [-0.2, -0.15) is 0 Å². The summed E-state index contributed by atoms with van der Waals surface area (Å²) in [5.74, 6) is 0.237. The van der Waals surface area contributed by atoms with E-state index in [-0.39, 0.29) is 11.8 Å². The summed E-state index contributed by atoms with van der Waals surface area (Å²) >= 11 is 0. The predicted octanol–water partition coefficient (Wildman–Crippen LogP) is 3.68. The highest BCUT2D eigenvalue weighted by atomic mass is 16.5. The van der Waals surface area contributed by atoms with Crippen LogP contribution in [0, 0.1) is 0 Å². The molecule has 0 heterocycles. The number of carbonyl (C=O) groups is 2. The molecular formula is C19H19NO4. The highest BCUT2D eigenvalue weighted by molar-refractivity contribution is 6.04. The highest BCUT2D eigenvalue weighted by Crippen LogP contribution is 2.13. The molecule has 0 saturated carbocycles. The van der Waals surface area contributed by atoms with E-state index in [0.29, 0.717) is 17.7 Å². The fourth-order valence-electron chi connectivity index (χ4n) is 2.01. The topological polar surface area (TPSA) is 64.6 Å². The minimum atomic E-state index is -0.386. The maximum absolute atomic E-state index is 12.1. The highest BCUT2D eigenvalue weighted by Gasteiger charge is 2.04. The number of esters is 1. The Morgan fingerprint density at radius 2 is 1.62 bits per heavy atom. The normalized spacial score (nSPS) is 10.4. The lowest BCUT2D eigenvalue weighted by atomic mass is 10.1. The second-order valence-electron chi connectivity index (χ2n) is 4.87. The molecule has 2 aromatic carbocycles. The summed E-state index contributed by atoms with van der Waals surface area (Å²) in [6.45, 7) is 2.50. The van der Waals surface area contributed by atoms with Gasteiger partial charge in [-0.15, -0.1) is 0 Å². The van der Waals surface area contributed by atoms with Crippen molar-refractivity contribution in [3.05, 3.63) is 71.9 Å². The van der Waals surface area contributed by atoms with E-state index >= 15 is 0 Å². The SMILES string of the molecule is CCOc1ccc(C(=O)/C=C/Nc2ccc(C(=O)OC)cc2)cc1. The molecule has 0 radical (unpaired) electrons. The number of rotatable bonds is 7. The van der Waals surface area contributed by atoms with E-state index in [4.69, 9.17) is 4.74 Å². The molecule has 0 aliphatic carbocycles. The molecule has 5 nitrogen and oxygen atoms in total. The fraction of sp³-hybridized carbons (Fsp3) is 0.158. The van der Waals surface area contributed by atoms with E-state index in [0.717, 1.165) is 11.4 Å². The van der Waals surface area contributed by atoms with Gasteiger partial charge in [-0.05, 0) is 55.5 Å². The average molecular weight is 325 g/mol. The second-order valence-corrected chi connectivity index (χ2v) is 4.87. The Morgan fingerprint density at radius 1 is 1.00 bits per heavy atom. The Balaban J connectivity index is 1.93. The van der Waals surface area contributed by atoms with Gasteiger partial charge in [0.25, 0.3) is 0 Å². The van der Waals surface area contributed by atoms with Gasteiger partial charge in [-0.25, -0.2) is 4.79 Å². The molecule has 2 aromatic rings. The van der Waals surface area contributed by atoms with Crippen LogP contribution in [-0.4, -0.2) is 25.5 Å². The van der Waals surface area contributed by atoms with Gasteiger partial charge in [-0.3, -0.25) is 4.79 Å². The number of hydrogen-bond donors (Lipinski definition) is 1. The van der Waals surface area contributed by atoms with Crippen LogP contribution in [0.2, 0.25) is 0 Å². The van der Waals surface area contributed by atoms with Crippen LogP contribution in [0.15, 0.2) is 60.8 Å². The number of hydrogen-bond acceptors (Lipinski definition) is 5. The van der Waals surface area contributed by atoms with Crippen molar-refractivity contribution in [3.8, 4) is 5.75 Å². The van der Waals surface area contributed by atoms with Crippen LogP contribution in [0.5, 0.6) is 5.75 Å². The molecule has 5 heteroatoms. The van der Waals surface area contributed by atoms with Crippen LogP contribution >= 0.6 is 0 Å². The Kier molecular flexibility index (Phi) is 6.14. The minimum Gasteiger partial charge on any atom is -0.494 e. The molecule has 0 aromatic heterocycles. The first kappa shape index (κ1) is 17.3. The van der Waals surface area contributed by atoms with Gasteiger partial charge in [-0.1, -0.05) is 0 Å². The third-order valence-corrected chi connectivity index (χ3v) is 3.24. The van der Waals surface area contributed by atoms with Crippen LogP contribution in [0.25, 0.3) is 0 Å². The van der Waals surface area contributed by atoms with Crippen molar-refractivity contribution < 1.29 is 19.1 Å². The number of anilines is 1. The van der Waals surface area contributed by atoms with Gasteiger partial charge in [0.2, 0.25) is 0 Å². The summed E-state index contributed by atoms with van der Waals surface area (Å²) in [4.78, 5) is 23.4. The van der Waals surface area contributed by atoms with Crippen molar-refractivity contribution >= 4 is 17.4 Å². The molecule has 0 spiro atoms. The van der Waals surface area contributed by atoms with Crippen LogP contribution in [0.3, 0.4) is 0 Å². The first-order valence-corrected chi connectivity index (χ1v) is 7.52. The van der Waals surface area contributed by atoms with Crippen molar-refractivity contribution in [1.29, 1.82) is 0 Å². The van der Waals surface area contributed by atoms with Gasteiger partial charge >= 0.3 is 5.97 Å². The van der Waals surface area contributed by atoms with E-state index in [1.807, 2.05) is 6.92 Å². The molecule has 0 bridgehead atoms. The number of methoxy groups -OCH3 is 1. The lowest BCUT2D eigenvalue weighted by molar-refractivity contribution is 0.0600. The van der Waals surface area contributed by atoms with E-state index in [1.165, 1.54) is 13.2 Å². The zero-order valence-electron chi connectivity index (χ0n) is 13.6. The summed E-state index contributed by atoms with van der Waals surface area (Å²) in [6.07, 6.45) is 3.01. The van der Waals surface area contributed by atoms with Crippen molar-refractivity contribution in [2.24, 2.45) is 0 Å². The number of nitrogens with one attached hydrogen (secondary N) is 1. The molecule has 0 amide bonds. The first-order chi connectivity index (χ1) is 11.6. The van der Waals surface area contributed by atoms with Crippen LogP contribution in [0.1, 0.15) is 27.6 Å². The molecule has 0 atom stereocenters. The quantitative estimate of drug-likeness (QED) is 0.478. The third kappa shape index (κ3) is 4.71. The number of ether oxygens (including phenoxy) is 2. The van der Waals surface area contributed by atoms with Gasteiger partial charge in [0.1, 0.15) is 5.75 Å². The second kappa shape index (κ2) is 8.53. The van der Waals surface area contributed by atoms with E-state index in [2.05, 4.69) is 10.1 Å². The van der Waals surface area contributed by atoms with Gasteiger partial charge < -0.3 is 14.8 Å². The third-order valence-electron chi connectivity index (χ3n) is 3.24. The Bertz CT molecular complexity index is 718. The standard InChI is InChI=1S/C19H19NO4/c1-3-24-17-10-6-14(7-11-17)18(21)12-13-20-16-8-4-15(5-9-16)19(22)23-2/h4-13,20H,3H2,1-2H3/b13-12+. The molecule has 2 rings (SSSR count). The van der Waals surface area contributed by atoms with Crippen LogP contribution in [-0.2, 0) is 4.74 Å².